The van der Waals surface area contributed by atoms with Crippen molar-refractivity contribution in [2.45, 2.75) is 33.8 Å². The molecule has 0 atom stereocenters. The first-order valence-electron chi connectivity index (χ1n) is 8.71. The van der Waals surface area contributed by atoms with Gasteiger partial charge in [-0.2, -0.15) is 0 Å². The van der Waals surface area contributed by atoms with Crippen LogP contribution < -0.4 is 15.1 Å². The molecule has 0 fully saturated rings. The Morgan fingerprint density at radius 2 is 1.89 bits per heavy atom. The Bertz CT molecular complexity index is 1060. The smallest absolute Gasteiger partial charge is 0.340 e. The van der Waals surface area contributed by atoms with Crippen LogP contribution in [-0.4, -0.2) is 12.9 Å². The first kappa shape index (κ1) is 18.7. The van der Waals surface area contributed by atoms with Crippen molar-refractivity contribution in [3.8, 4) is 11.5 Å². The summed E-state index contributed by atoms with van der Waals surface area (Å²) >= 11 is 0. The molecule has 140 valence electrons. The van der Waals surface area contributed by atoms with Gasteiger partial charge in [-0.15, -0.1) is 0 Å². The summed E-state index contributed by atoms with van der Waals surface area (Å²) in [7, 11) is 1.62. The lowest BCUT2D eigenvalue weighted by Gasteiger charge is -2.13. The Hall–Kier alpha value is -3.08. The average molecular weight is 366 g/mol. The molecule has 0 aliphatic rings. The van der Waals surface area contributed by atoms with Gasteiger partial charge < -0.3 is 13.9 Å². The molecule has 5 heteroatoms. The zero-order valence-electron chi connectivity index (χ0n) is 15.9. The van der Waals surface area contributed by atoms with E-state index in [4.69, 9.17) is 13.9 Å². The molecule has 27 heavy (non-hydrogen) atoms. The minimum absolute atomic E-state index is 0.0697. The van der Waals surface area contributed by atoms with Crippen LogP contribution >= 0.6 is 0 Å². The molecule has 0 N–H and O–H groups in total. The van der Waals surface area contributed by atoms with Gasteiger partial charge in [0, 0.05) is 22.9 Å². The molecular weight excluding hydrogens is 344 g/mol. The topological polar surface area (TPSA) is 65.7 Å². The lowest BCUT2D eigenvalue weighted by Crippen LogP contribution is -2.14. The number of benzene rings is 2. The number of hydrogen-bond acceptors (Lipinski definition) is 5. The molecule has 0 aliphatic heterocycles. The van der Waals surface area contributed by atoms with Gasteiger partial charge in [-0.25, -0.2) is 4.79 Å². The highest BCUT2D eigenvalue weighted by molar-refractivity contribution is 5.87. The minimum Gasteiger partial charge on any atom is -0.497 e. The van der Waals surface area contributed by atoms with Crippen LogP contribution in [0.5, 0.6) is 11.5 Å². The third-order valence-electron chi connectivity index (χ3n) is 4.61. The predicted molar refractivity (Wildman–Crippen MR) is 104 cm³/mol. The van der Waals surface area contributed by atoms with E-state index in [1.54, 1.807) is 7.11 Å². The first-order valence-corrected chi connectivity index (χ1v) is 8.71. The summed E-state index contributed by atoms with van der Waals surface area (Å²) in [5.74, 6) is 1.35. The molecule has 3 aromatic rings. The van der Waals surface area contributed by atoms with Crippen LogP contribution in [0, 0.1) is 13.8 Å². The normalized spacial score (nSPS) is 10.8. The highest BCUT2D eigenvalue weighted by Gasteiger charge is 2.16. The van der Waals surface area contributed by atoms with Gasteiger partial charge in [0.05, 0.1) is 7.11 Å². The third kappa shape index (κ3) is 3.87. The lowest BCUT2D eigenvalue weighted by atomic mass is 10.0. The van der Waals surface area contributed by atoms with Crippen molar-refractivity contribution in [1.29, 1.82) is 0 Å². The number of aryl methyl sites for hydroxylation is 2. The Balaban J connectivity index is 1.95. The number of hydrogen-bond donors (Lipinski definition) is 0. The summed E-state index contributed by atoms with van der Waals surface area (Å²) in [6.45, 7) is 5.53. The van der Waals surface area contributed by atoms with E-state index in [2.05, 4.69) is 0 Å². The van der Waals surface area contributed by atoms with Crippen molar-refractivity contribution in [1.82, 2.24) is 0 Å². The minimum atomic E-state index is -0.469. The maximum absolute atomic E-state index is 12.3. The SMILES string of the molecule is COc1cccc(COc2ccc3c(C)c(CC(C)=O)c(=O)oc3c2C)c1. The van der Waals surface area contributed by atoms with E-state index in [1.165, 1.54) is 6.92 Å². The molecule has 1 heterocycles. The second-order valence-corrected chi connectivity index (χ2v) is 6.58. The number of ketones is 1. The number of fused-ring (bicyclic) bond motifs is 1. The van der Waals surface area contributed by atoms with Gasteiger partial charge in [-0.1, -0.05) is 12.1 Å². The predicted octanol–water partition coefficient (Wildman–Crippen LogP) is 4.13. The first-order chi connectivity index (χ1) is 12.9. The fraction of sp³-hybridized carbons (Fsp3) is 0.273. The van der Waals surface area contributed by atoms with Crippen molar-refractivity contribution in [2.75, 3.05) is 7.11 Å². The molecule has 0 radical (unpaired) electrons. The highest BCUT2D eigenvalue weighted by atomic mass is 16.5. The van der Waals surface area contributed by atoms with E-state index in [1.807, 2.05) is 50.2 Å². The van der Waals surface area contributed by atoms with Crippen LogP contribution in [0.2, 0.25) is 0 Å². The molecule has 1 aromatic heterocycles. The monoisotopic (exact) mass is 366 g/mol. The van der Waals surface area contributed by atoms with Gasteiger partial charge in [0.1, 0.15) is 29.5 Å². The van der Waals surface area contributed by atoms with Crippen molar-refractivity contribution >= 4 is 16.8 Å². The average Bonchev–Trinajstić information content (AvgIpc) is 2.65. The Labute approximate surface area is 157 Å². The van der Waals surface area contributed by atoms with Crippen LogP contribution in [0.15, 0.2) is 45.6 Å². The van der Waals surface area contributed by atoms with Crippen LogP contribution in [0.25, 0.3) is 11.0 Å². The molecule has 2 aromatic carbocycles. The number of rotatable bonds is 6. The molecular formula is C22H22O5. The van der Waals surface area contributed by atoms with Crippen LogP contribution in [0.1, 0.15) is 29.2 Å². The molecule has 0 amide bonds. The van der Waals surface area contributed by atoms with E-state index in [0.29, 0.717) is 23.5 Å². The molecule has 5 nitrogen and oxygen atoms in total. The van der Waals surface area contributed by atoms with Gasteiger partial charge in [0.15, 0.2) is 0 Å². The zero-order chi connectivity index (χ0) is 19.6. The number of carbonyl (C=O) groups excluding carboxylic acids is 1. The third-order valence-corrected chi connectivity index (χ3v) is 4.61. The van der Waals surface area contributed by atoms with Crippen molar-refractivity contribution in [3.05, 3.63) is 69.1 Å². The van der Waals surface area contributed by atoms with Crippen molar-refractivity contribution in [3.63, 3.8) is 0 Å². The van der Waals surface area contributed by atoms with Crippen LogP contribution in [0.3, 0.4) is 0 Å². The van der Waals surface area contributed by atoms with Gasteiger partial charge in [0.2, 0.25) is 0 Å². The van der Waals surface area contributed by atoms with E-state index >= 15 is 0 Å². The molecule has 0 saturated heterocycles. The molecule has 0 spiro atoms. The quantitative estimate of drug-likeness (QED) is 0.614. The van der Waals surface area contributed by atoms with Crippen molar-refractivity contribution < 1.29 is 18.7 Å². The number of methoxy groups -OCH3 is 1. The summed E-state index contributed by atoms with van der Waals surface area (Å²) in [5.41, 5.74) is 2.95. The summed E-state index contributed by atoms with van der Waals surface area (Å²) in [6.07, 6.45) is 0.0806. The van der Waals surface area contributed by atoms with E-state index in [0.717, 1.165) is 27.8 Å². The number of ether oxygens (including phenoxy) is 2. The van der Waals surface area contributed by atoms with Crippen LogP contribution in [0.4, 0.5) is 0 Å². The Kier molecular flexibility index (Phi) is 5.31. The number of Topliss-reactive ketones (excluding diaryl/α,β-unsaturated/α-hetero) is 1. The Morgan fingerprint density at radius 3 is 2.59 bits per heavy atom. The fourth-order valence-electron chi connectivity index (χ4n) is 3.10. The second-order valence-electron chi connectivity index (χ2n) is 6.58. The molecule has 0 aliphatic carbocycles. The number of carbonyl (C=O) groups is 1. The van der Waals surface area contributed by atoms with E-state index in [9.17, 15) is 9.59 Å². The summed E-state index contributed by atoms with van der Waals surface area (Å²) in [4.78, 5) is 23.8. The highest BCUT2D eigenvalue weighted by Crippen LogP contribution is 2.30. The molecule has 0 saturated carbocycles. The summed E-state index contributed by atoms with van der Waals surface area (Å²) in [6, 6.07) is 11.4. The van der Waals surface area contributed by atoms with Gasteiger partial charge in [0.25, 0.3) is 0 Å². The summed E-state index contributed by atoms with van der Waals surface area (Å²) < 4.78 is 16.7. The molecule has 0 unspecified atom stereocenters. The van der Waals surface area contributed by atoms with E-state index in [-0.39, 0.29) is 12.2 Å². The lowest BCUT2D eigenvalue weighted by molar-refractivity contribution is -0.116. The van der Waals surface area contributed by atoms with Gasteiger partial charge >= 0.3 is 5.63 Å². The standard InChI is InChI=1S/C22H22O5/c1-13(23)10-19-14(2)18-8-9-20(15(3)21(18)27-22(19)24)26-12-16-6-5-7-17(11-16)25-4/h5-9,11H,10,12H2,1-4H3. The maximum Gasteiger partial charge on any atom is 0.340 e. The van der Waals surface area contributed by atoms with Crippen molar-refractivity contribution in [2.24, 2.45) is 0 Å². The molecule has 3 rings (SSSR count). The van der Waals surface area contributed by atoms with E-state index < -0.39 is 5.63 Å². The fourth-order valence-corrected chi connectivity index (χ4v) is 3.10. The van der Waals surface area contributed by atoms with Gasteiger partial charge in [-0.05, 0) is 56.2 Å². The Morgan fingerprint density at radius 1 is 1.11 bits per heavy atom. The largest absolute Gasteiger partial charge is 0.497 e. The molecule has 0 bridgehead atoms. The summed E-state index contributed by atoms with van der Waals surface area (Å²) in [5, 5.41) is 0.817. The second kappa shape index (κ2) is 7.66. The zero-order valence-corrected chi connectivity index (χ0v) is 15.9. The van der Waals surface area contributed by atoms with Gasteiger partial charge in [-0.3, -0.25) is 4.79 Å². The van der Waals surface area contributed by atoms with Crippen LogP contribution in [-0.2, 0) is 17.8 Å². The maximum atomic E-state index is 12.3.